The predicted octanol–water partition coefficient (Wildman–Crippen LogP) is 3.55. The van der Waals surface area contributed by atoms with E-state index in [1.807, 2.05) is 32.0 Å². The van der Waals surface area contributed by atoms with Crippen LogP contribution in [0.1, 0.15) is 78.8 Å². The molecular weight excluding hydrogens is 422 g/mol. The summed E-state index contributed by atoms with van der Waals surface area (Å²) in [4.78, 5) is 40.5. The Balaban J connectivity index is 3.27. The first-order valence-electron chi connectivity index (χ1n) is 11.8. The van der Waals surface area contributed by atoms with Crippen LogP contribution in [0.3, 0.4) is 0 Å². The monoisotopic (exact) mass is 463 g/mol. The van der Waals surface area contributed by atoms with Gasteiger partial charge in [-0.2, -0.15) is 0 Å². The number of amides is 3. The van der Waals surface area contributed by atoms with Crippen molar-refractivity contribution < 1.29 is 24.2 Å². The number of hydrogen-bond acceptors (Lipinski definition) is 5. The van der Waals surface area contributed by atoms with Crippen molar-refractivity contribution in [3.63, 3.8) is 0 Å². The summed E-state index contributed by atoms with van der Waals surface area (Å²) >= 11 is 0. The maximum atomic E-state index is 13.6. The van der Waals surface area contributed by atoms with Crippen LogP contribution >= 0.6 is 0 Å². The van der Waals surface area contributed by atoms with Gasteiger partial charge in [0.05, 0.1) is 6.61 Å². The third kappa shape index (κ3) is 10.2. The predicted molar refractivity (Wildman–Crippen MR) is 129 cm³/mol. The van der Waals surface area contributed by atoms with Crippen LogP contribution in [0.25, 0.3) is 0 Å². The molecule has 0 fully saturated rings. The number of nitrogens with one attached hydrogen (secondary N) is 2. The fourth-order valence-electron chi connectivity index (χ4n) is 3.38. The molecule has 8 nitrogen and oxygen atoms in total. The summed E-state index contributed by atoms with van der Waals surface area (Å²) in [6.45, 7) is 10.6. The molecule has 2 atom stereocenters. The van der Waals surface area contributed by atoms with Gasteiger partial charge < -0.3 is 25.4 Å². The number of unbranched alkanes of at least 4 members (excludes halogenated alkanes) is 3. The smallest absolute Gasteiger partial charge is 0.408 e. The van der Waals surface area contributed by atoms with Crippen molar-refractivity contribution in [2.24, 2.45) is 0 Å². The number of hydrogen-bond donors (Lipinski definition) is 3. The lowest BCUT2D eigenvalue weighted by molar-refractivity contribution is -0.143. The average molecular weight is 464 g/mol. The van der Waals surface area contributed by atoms with Gasteiger partial charge in [-0.05, 0) is 46.6 Å². The molecule has 0 saturated carbocycles. The van der Waals surface area contributed by atoms with Crippen LogP contribution in [-0.4, -0.2) is 58.8 Å². The first-order valence-corrected chi connectivity index (χ1v) is 11.8. The summed E-state index contributed by atoms with van der Waals surface area (Å²) in [5, 5.41) is 15.3. The summed E-state index contributed by atoms with van der Waals surface area (Å²) in [5.41, 5.74) is -0.0927. The Kier molecular flexibility index (Phi) is 11.9. The lowest BCUT2D eigenvalue weighted by Crippen LogP contribution is -2.55. The fraction of sp³-hybridized carbons (Fsp3) is 0.640. The highest BCUT2D eigenvalue weighted by Crippen LogP contribution is 2.23. The van der Waals surface area contributed by atoms with Crippen molar-refractivity contribution in [2.45, 2.75) is 91.0 Å². The minimum absolute atomic E-state index is 0.116. The topological polar surface area (TPSA) is 108 Å². The lowest BCUT2D eigenvalue weighted by Gasteiger charge is -2.34. The minimum atomic E-state index is -1.23. The number of rotatable bonds is 12. The van der Waals surface area contributed by atoms with Gasteiger partial charge in [0, 0.05) is 12.6 Å². The number of carbonyl (C=O) groups is 3. The standard InChI is InChI=1S/C25H41N3O5/c1-7-8-9-13-16-28(23(31)20(17-29)27-24(32)33-25(4,5)6)21(22(30)26-18(2)3)19-14-11-10-12-15-19/h10-12,14-15,18,20-21,29H,7-9,13,16-17H2,1-6H3,(H,26,30)(H,27,32). The molecule has 0 saturated heterocycles. The first-order chi connectivity index (χ1) is 15.5. The highest BCUT2D eigenvalue weighted by atomic mass is 16.6. The van der Waals surface area contributed by atoms with Gasteiger partial charge in [-0.3, -0.25) is 9.59 Å². The van der Waals surface area contributed by atoms with E-state index in [0.29, 0.717) is 18.5 Å². The molecule has 0 heterocycles. The van der Waals surface area contributed by atoms with E-state index < -0.39 is 36.3 Å². The quantitative estimate of drug-likeness (QED) is 0.411. The molecule has 0 aliphatic carbocycles. The van der Waals surface area contributed by atoms with Crippen molar-refractivity contribution in [3.8, 4) is 0 Å². The summed E-state index contributed by atoms with van der Waals surface area (Å²) in [5.74, 6) is -0.846. The Labute approximate surface area is 198 Å². The number of alkyl carbamates (subject to hydrolysis) is 1. The second-order valence-corrected chi connectivity index (χ2v) is 9.45. The Morgan fingerprint density at radius 3 is 2.18 bits per heavy atom. The van der Waals surface area contributed by atoms with E-state index in [-0.39, 0.29) is 11.9 Å². The molecule has 2 unspecified atom stereocenters. The first kappa shape index (κ1) is 28.4. The zero-order valence-corrected chi connectivity index (χ0v) is 20.9. The largest absolute Gasteiger partial charge is 0.444 e. The normalized spacial score (nSPS) is 13.2. The molecule has 3 N–H and O–H groups in total. The molecule has 0 aliphatic rings. The molecule has 186 valence electrons. The van der Waals surface area contributed by atoms with Crippen molar-refractivity contribution >= 4 is 17.9 Å². The van der Waals surface area contributed by atoms with E-state index in [2.05, 4.69) is 17.6 Å². The Morgan fingerprint density at radius 2 is 1.67 bits per heavy atom. The summed E-state index contributed by atoms with van der Waals surface area (Å²) in [7, 11) is 0. The third-order valence-electron chi connectivity index (χ3n) is 4.81. The number of benzene rings is 1. The van der Waals surface area contributed by atoms with Crippen molar-refractivity contribution in [2.75, 3.05) is 13.2 Å². The average Bonchev–Trinajstić information content (AvgIpc) is 2.72. The van der Waals surface area contributed by atoms with Crippen LogP contribution in [0.4, 0.5) is 4.79 Å². The molecule has 3 amide bonds. The van der Waals surface area contributed by atoms with Gasteiger partial charge in [0.2, 0.25) is 11.8 Å². The van der Waals surface area contributed by atoms with Crippen LogP contribution in [0.2, 0.25) is 0 Å². The van der Waals surface area contributed by atoms with Gasteiger partial charge >= 0.3 is 6.09 Å². The second-order valence-electron chi connectivity index (χ2n) is 9.45. The van der Waals surface area contributed by atoms with Crippen LogP contribution in [0, 0.1) is 0 Å². The number of aliphatic hydroxyl groups excluding tert-OH is 1. The van der Waals surface area contributed by atoms with Crippen molar-refractivity contribution in [1.29, 1.82) is 0 Å². The summed E-state index contributed by atoms with van der Waals surface area (Å²) < 4.78 is 5.25. The molecule has 1 aromatic carbocycles. The van der Waals surface area contributed by atoms with Crippen LogP contribution in [-0.2, 0) is 14.3 Å². The van der Waals surface area contributed by atoms with Gasteiger partial charge in [-0.25, -0.2) is 4.79 Å². The van der Waals surface area contributed by atoms with E-state index in [1.54, 1.807) is 32.9 Å². The highest BCUT2D eigenvalue weighted by molar-refractivity contribution is 5.92. The van der Waals surface area contributed by atoms with Crippen LogP contribution in [0.5, 0.6) is 0 Å². The molecule has 0 bridgehead atoms. The van der Waals surface area contributed by atoms with Gasteiger partial charge in [-0.15, -0.1) is 0 Å². The molecule has 1 aromatic rings. The van der Waals surface area contributed by atoms with Gasteiger partial charge in [0.15, 0.2) is 0 Å². The van der Waals surface area contributed by atoms with E-state index >= 15 is 0 Å². The number of aliphatic hydroxyl groups is 1. The number of ether oxygens (including phenoxy) is 1. The van der Waals surface area contributed by atoms with E-state index in [9.17, 15) is 19.5 Å². The van der Waals surface area contributed by atoms with Crippen LogP contribution in [0.15, 0.2) is 30.3 Å². The molecule has 1 rings (SSSR count). The van der Waals surface area contributed by atoms with Gasteiger partial charge in [0.25, 0.3) is 0 Å². The molecule has 8 heteroatoms. The van der Waals surface area contributed by atoms with E-state index in [1.165, 1.54) is 4.90 Å². The van der Waals surface area contributed by atoms with Crippen molar-refractivity contribution in [1.82, 2.24) is 15.5 Å². The summed E-state index contributed by atoms with van der Waals surface area (Å²) in [6.07, 6.45) is 2.84. The maximum Gasteiger partial charge on any atom is 0.408 e. The molecule has 33 heavy (non-hydrogen) atoms. The number of carbonyl (C=O) groups excluding carboxylic acids is 3. The maximum absolute atomic E-state index is 13.6. The minimum Gasteiger partial charge on any atom is -0.444 e. The number of nitrogens with zero attached hydrogens (tertiary/aromatic N) is 1. The fourth-order valence-corrected chi connectivity index (χ4v) is 3.38. The molecule has 0 aromatic heterocycles. The Hall–Kier alpha value is -2.61. The zero-order chi connectivity index (χ0) is 25.0. The summed E-state index contributed by atoms with van der Waals surface area (Å²) in [6, 6.07) is 6.82. The molecule has 0 radical (unpaired) electrons. The highest BCUT2D eigenvalue weighted by Gasteiger charge is 2.36. The Morgan fingerprint density at radius 1 is 1.03 bits per heavy atom. The van der Waals surface area contributed by atoms with Crippen molar-refractivity contribution in [3.05, 3.63) is 35.9 Å². The molecule has 0 spiro atoms. The van der Waals surface area contributed by atoms with Crippen LogP contribution < -0.4 is 10.6 Å². The lowest BCUT2D eigenvalue weighted by atomic mass is 10.0. The third-order valence-corrected chi connectivity index (χ3v) is 4.81. The SMILES string of the molecule is CCCCCCN(C(=O)C(CO)NC(=O)OC(C)(C)C)C(C(=O)NC(C)C)c1ccccc1. The second kappa shape index (κ2) is 13.8. The zero-order valence-electron chi connectivity index (χ0n) is 20.9. The Bertz CT molecular complexity index is 746. The van der Waals surface area contributed by atoms with E-state index in [0.717, 1.165) is 19.3 Å². The van der Waals surface area contributed by atoms with Gasteiger partial charge in [0.1, 0.15) is 17.7 Å². The molecular formula is C25H41N3O5. The molecule has 0 aliphatic heterocycles. The van der Waals surface area contributed by atoms with E-state index in [4.69, 9.17) is 4.74 Å². The van der Waals surface area contributed by atoms with Gasteiger partial charge in [-0.1, -0.05) is 56.5 Å².